The molecule has 8 rings (SSSR count). The van der Waals surface area contributed by atoms with Gasteiger partial charge in [0.05, 0.1) is 42.1 Å². The molecular weight excluding hydrogens is 861 g/mol. The van der Waals surface area contributed by atoms with E-state index in [0.29, 0.717) is 86.1 Å². The number of likely N-dealkylation sites (tertiary alicyclic amines) is 2. The van der Waals surface area contributed by atoms with Crippen molar-refractivity contribution in [3.63, 3.8) is 0 Å². The maximum Gasteiger partial charge on any atom is 0.393 e. The van der Waals surface area contributed by atoms with Crippen LogP contribution in [0, 0.1) is 5.82 Å². The van der Waals surface area contributed by atoms with Gasteiger partial charge in [-0.15, -0.1) is 0 Å². The van der Waals surface area contributed by atoms with Crippen LogP contribution >= 0.6 is 0 Å². The van der Waals surface area contributed by atoms with E-state index >= 15 is 4.39 Å². The summed E-state index contributed by atoms with van der Waals surface area (Å²) in [5.41, 5.74) is 2.30. The first kappa shape index (κ1) is 46.3. The Hall–Kier alpha value is -6.27. The number of benzene rings is 2. The Morgan fingerprint density at radius 3 is 2.15 bits per heavy atom. The van der Waals surface area contributed by atoms with Crippen molar-refractivity contribution < 1.29 is 41.5 Å². The molecule has 3 fully saturated rings. The molecule has 1 aliphatic carbocycles. The van der Waals surface area contributed by atoms with Crippen molar-refractivity contribution in [1.82, 2.24) is 34.8 Å². The molecule has 3 saturated heterocycles. The number of carbonyl (C=O) groups is 4. The maximum atomic E-state index is 15.1. The summed E-state index contributed by atoms with van der Waals surface area (Å²) in [6.45, 7) is 4.96. The van der Waals surface area contributed by atoms with Gasteiger partial charge in [0.2, 0.25) is 11.8 Å². The number of halogens is 4. The summed E-state index contributed by atoms with van der Waals surface area (Å²) in [5, 5.41) is 10.8. The fourth-order valence-electron chi connectivity index (χ4n) is 9.19. The second kappa shape index (κ2) is 20.1. The number of anilines is 1. The molecule has 348 valence electrons. The zero-order valence-electron chi connectivity index (χ0n) is 36.7. The van der Waals surface area contributed by atoms with E-state index in [-0.39, 0.29) is 71.7 Å². The Kier molecular flexibility index (Phi) is 14.1. The topological polar surface area (TPSA) is 161 Å². The van der Waals surface area contributed by atoms with Gasteiger partial charge in [-0.25, -0.2) is 14.5 Å². The Morgan fingerprint density at radius 2 is 1.45 bits per heavy atom. The number of alkyl halides is 3. The minimum Gasteiger partial charge on any atom is -0.375 e. The predicted octanol–water partition coefficient (Wildman–Crippen LogP) is 4.05. The van der Waals surface area contributed by atoms with Crippen LogP contribution in [0.1, 0.15) is 83.1 Å². The summed E-state index contributed by atoms with van der Waals surface area (Å²) < 4.78 is 60.6. The van der Waals surface area contributed by atoms with Crippen LogP contribution in [-0.4, -0.2) is 136 Å². The fourth-order valence-corrected chi connectivity index (χ4v) is 9.19. The van der Waals surface area contributed by atoms with Crippen molar-refractivity contribution in [2.45, 2.75) is 76.7 Å². The van der Waals surface area contributed by atoms with Crippen molar-refractivity contribution in [1.29, 1.82) is 0 Å². The zero-order valence-corrected chi connectivity index (χ0v) is 36.7. The third-order valence-corrected chi connectivity index (χ3v) is 12.6. The van der Waals surface area contributed by atoms with Gasteiger partial charge in [-0.2, -0.15) is 18.3 Å². The molecule has 0 saturated carbocycles. The summed E-state index contributed by atoms with van der Waals surface area (Å²) in [6, 6.07) is 12.0. The number of carbonyl (C=O) groups excluding carboxylic acids is 4. The van der Waals surface area contributed by atoms with E-state index in [1.807, 2.05) is 12.2 Å². The highest BCUT2D eigenvalue weighted by Gasteiger charge is 2.32. The van der Waals surface area contributed by atoms with E-state index < -0.39 is 30.2 Å². The number of piperidine rings is 2. The number of pyridine rings is 1. The Bertz CT molecular complexity index is 2670. The van der Waals surface area contributed by atoms with Gasteiger partial charge in [0.25, 0.3) is 17.4 Å². The van der Waals surface area contributed by atoms with E-state index in [1.54, 1.807) is 39.0 Å². The number of piperazine rings is 1. The molecule has 18 heteroatoms. The molecule has 14 nitrogen and oxygen atoms in total. The average molecular weight is 913 g/mol. The standard InChI is InChI=1S/C48H52F4N8O6/c1-30(61)54-42-26-34(33-6-4-5-32(23-33)27-48(50,51)52)28-53-44(42)47(65)59-17-13-36(14-18-59)66-35-11-15-57(16-12-35)29-43(62)58-19-21-60(22-20-58)46(64)39-24-31(9-10-40(39)49)25-41-37-7-2-3-8-38(37)45(63)56-55-41/h4-10,23-24,26,28,35-36H,2-3,11-22,25,27,29H2,1H3,(H,54,61)(H,56,63). The lowest BCUT2D eigenvalue weighted by molar-refractivity contribution is -0.135. The van der Waals surface area contributed by atoms with Gasteiger partial charge in [-0.1, -0.05) is 42.5 Å². The van der Waals surface area contributed by atoms with Gasteiger partial charge in [0.1, 0.15) is 5.82 Å². The molecule has 2 aromatic heterocycles. The molecule has 0 radical (unpaired) electrons. The molecule has 2 aromatic carbocycles. The number of ether oxygens (including phenoxy) is 1. The molecule has 0 unspecified atom stereocenters. The highest BCUT2D eigenvalue weighted by Crippen LogP contribution is 2.30. The van der Waals surface area contributed by atoms with E-state index in [4.69, 9.17) is 4.74 Å². The zero-order chi connectivity index (χ0) is 46.5. The molecule has 4 amide bonds. The van der Waals surface area contributed by atoms with Crippen LogP contribution in [0.25, 0.3) is 23.3 Å². The van der Waals surface area contributed by atoms with Crippen molar-refractivity contribution in [2.24, 2.45) is 0 Å². The number of aromatic amines is 1. The smallest absolute Gasteiger partial charge is 0.375 e. The number of H-pyrrole nitrogens is 1. The van der Waals surface area contributed by atoms with Gasteiger partial charge < -0.3 is 24.8 Å². The van der Waals surface area contributed by atoms with Crippen molar-refractivity contribution >= 4 is 41.5 Å². The minimum absolute atomic E-state index is 0.00227. The summed E-state index contributed by atoms with van der Waals surface area (Å²) in [4.78, 5) is 76.4. The number of amides is 4. The lowest BCUT2D eigenvalue weighted by Gasteiger charge is -2.38. The molecular formula is C48H52F4N8O6. The monoisotopic (exact) mass is 912 g/mol. The van der Waals surface area contributed by atoms with Gasteiger partial charge >= 0.3 is 6.18 Å². The molecule has 5 heterocycles. The molecule has 3 aliphatic heterocycles. The van der Waals surface area contributed by atoms with Crippen LogP contribution in [-0.2, 0) is 27.2 Å². The summed E-state index contributed by atoms with van der Waals surface area (Å²) >= 11 is 0. The normalized spacial score (nSPS) is 17.4. The van der Waals surface area contributed by atoms with Gasteiger partial charge in [0.15, 0.2) is 5.69 Å². The Morgan fingerprint density at radius 1 is 0.788 bits per heavy atom. The average Bonchev–Trinajstić information content (AvgIpc) is 3.30. The molecule has 0 bridgehead atoms. The van der Waals surface area contributed by atoms with Gasteiger partial charge in [-0.05, 0) is 73.4 Å². The van der Waals surface area contributed by atoms with E-state index in [2.05, 4.69) is 25.4 Å². The first-order valence-corrected chi connectivity index (χ1v) is 22.4. The number of fused-ring (bicyclic) bond motifs is 1. The molecule has 66 heavy (non-hydrogen) atoms. The van der Waals surface area contributed by atoms with Crippen LogP contribution in [0.15, 0.2) is 59.5 Å². The number of nitrogens with zero attached hydrogens (tertiary/aromatic N) is 6. The predicted molar refractivity (Wildman–Crippen MR) is 237 cm³/mol. The first-order valence-electron chi connectivity index (χ1n) is 22.4. The Labute approximate surface area is 378 Å². The minimum atomic E-state index is -4.37. The first-order chi connectivity index (χ1) is 31.7. The third kappa shape index (κ3) is 11.2. The van der Waals surface area contributed by atoms with Gasteiger partial charge in [0, 0.05) is 87.9 Å². The van der Waals surface area contributed by atoms with Gasteiger partial charge in [-0.3, -0.25) is 28.9 Å². The number of hydrogen-bond acceptors (Lipinski definition) is 9. The number of hydrogen-bond donors (Lipinski definition) is 2. The van der Waals surface area contributed by atoms with E-state index in [9.17, 15) is 37.1 Å². The highest BCUT2D eigenvalue weighted by atomic mass is 19.4. The number of rotatable bonds is 11. The molecule has 0 spiro atoms. The quantitative estimate of drug-likeness (QED) is 0.212. The molecule has 4 aromatic rings. The largest absolute Gasteiger partial charge is 0.393 e. The molecule has 0 atom stereocenters. The van der Waals surface area contributed by atoms with Crippen LogP contribution in [0.5, 0.6) is 0 Å². The lowest BCUT2D eigenvalue weighted by Crippen LogP contribution is -2.53. The lowest BCUT2D eigenvalue weighted by atomic mass is 10.0. The SMILES string of the molecule is CC(=O)Nc1cc(-c2cccc(CC(F)(F)F)c2)cnc1C(=O)N1CCC(OC2CCN(CC(=O)N3CCN(C(=O)c4cc(Cc5n[nH]c(=O)c6c5=CCCC=6)ccc4F)CC3)CC2)CC1. The van der Waals surface area contributed by atoms with Crippen LogP contribution in [0.2, 0.25) is 0 Å². The maximum absolute atomic E-state index is 15.1. The summed E-state index contributed by atoms with van der Waals surface area (Å²) in [5.74, 6) is -1.88. The van der Waals surface area contributed by atoms with Crippen LogP contribution in [0.4, 0.5) is 23.2 Å². The van der Waals surface area contributed by atoms with Crippen LogP contribution < -0.4 is 21.3 Å². The third-order valence-electron chi connectivity index (χ3n) is 12.6. The Balaban J connectivity index is 0.772. The highest BCUT2D eigenvalue weighted by molar-refractivity contribution is 6.02. The molecule has 2 N–H and O–H groups in total. The molecule has 4 aliphatic rings. The van der Waals surface area contributed by atoms with Crippen molar-refractivity contribution in [3.8, 4) is 11.1 Å². The van der Waals surface area contributed by atoms with Crippen molar-refractivity contribution in [3.05, 3.63) is 109 Å². The van der Waals surface area contributed by atoms with Crippen LogP contribution in [0.3, 0.4) is 0 Å². The van der Waals surface area contributed by atoms with E-state index in [0.717, 1.165) is 30.9 Å². The van der Waals surface area contributed by atoms with Crippen molar-refractivity contribution in [2.75, 3.05) is 64.2 Å². The summed E-state index contributed by atoms with van der Waals surface area (Å²) in [7, 11) is 0. The summed E-state index contributed by atoms with van der Waals surface area (Å²) in [6.07, 6.45) is 4.36. The second-order valence-corrected chi connectivity index (χ2v) is 17.4. The fraction of sp³-hybridized carbons (Fsp3) is 0.438. The number of aromatic nitrogens is 3. The number of nitrogens with one attached hydrogen (secondary N) is 2. The second-order valence-electron chi connectivity index (χ2n) is 17.4. The van der Waals surface area contributed by atoms with E-state index in [1.165, 1.54) is 37.4 Å².